The average Bonchev–Trinajstić information content (AvgIpc) is 2.95. The van der Waals surface area contributed by atoms with Crippen LogP contribution in [0.5, 0.6) is 5.75 Å². The van der Waals surface area contributed by atoms with Crippen LogP contribution in [-0.4, -0.2) is 44.9 Å². The standard InChI is InChI=1S/C17H27N3O2/c1-3-18-17(19-10-7-11-21-4-2)20-13-15-12-14-8-5-6-9-16(14)22-15/h5-6,8-9,15H,3-4,7,10-13H2,1-2H3,(H2,18,19,20). The van der Waals surface area contributed by atoms with E-state index >= 15 is 0 Å². The Labute approximate surface area is 133 Å². The van der Waals surface area contributed by atoms with Crippen LogP contribution in [0.4, 0.5) is 0 Å². The van der Waals surface area contributed by atoms with E-state index in [0.29, 0.717) is 6.54 Å². The number of para-hydroxylation sites is 1. The van der Waals surface area contributed by atoms with Gasteiger partial charge in [-0.25, -0.2) is 4.99 Å². The number of nitrogens with zero attached hydrogens (tertiary/aromatic N) is 1. The number of guanidine groups is 1. The lowest BCUT2D eigenvalue weighted by Crippen LogP contribution is -2.39. The lowest BCUT2D eigenvalue weighted by Gasteiger charge is -2.13. The molecular weight excluding hydrogens is 278 g/mol. The highest BCUT2D eigenvalue weighted by Gasteiger charge is 2.21. The van der Waals surface area contributed by atoms with E-state index in [2.05, 4.69) is 34.7 Å². The minimum atomic E-state index is 0.135. The van der Waals surface area contributed by atoms with Crippen molar-refractivity contribution in [3.05, 3.63) is 29.8 Å². The zero-order chi connectivity index (χ0) is 15.6. The number of aliphatic imine (C=N–C) groups is 1. The largest absolute Gasteiger partial charge is 0.488 e. The molecule has 0 bridgehead atoms. The molecule has 0 saturated carbocycles. The number of benzene rings is 1. The molecule has 0 saturated heterocycles. The maximum Gasteiger partial charge on any atom is 0.191 e. The van der Waals surface area contributed by atoms with Crippen molar-refractivity contribution in [3.63, 3.8) is 0 Å². The lowest BCUT2D eigenvalue weighted by molar-refractivity contribution is 0.145. The van der Waals surface area contributed by atoms with Gasteiger partial charge in [0.25, 0.3) is 0 Å². The van der Waals surface area contributed by atoms with Gasteiger partial charge in [-0.2, -0.15) is 0 Å². The van der Waals surface area contributed by atoms with Gasteiger partial charge < -0.3 is 20.1 Å². The number of hydrogen-bond acceptors (Lipinski definition) is 3. The van der Waals surface area contributed by atoms with E-state index < -0.39 is 0 Å². The second kappa shape index (κ2) is 9.30. The Kier molecular flexibility index (Phi) is 7.03. The molecule has 1 aromatic carbocycles. The molecule has 1 atom stereocenters. The predicted octanol–water partition coefficient (Wildman–Crippen LogP) is 1.97. The fourth-order valence-corrected chi connectivity index (χ4v) is 2.42. The highest BCUT2D eigenvalue weighted by atomic mass is 16.5. The molecule has 0 amide bonds. The van der Waals surface area contributed by atoms with Crippen molar-refractivity contribution in [2.75, 3.05) is 32.8 Å². The Bertz CT molecular complexity index is 452. The second-order valence-electron chi connectivity index (χ2n) is 5.25. The highest BCUT2D eigenvalue weighted by Crippen LogP contribution is 2.28. The zero-order valence-electron chi connectivity index (χ0n) is 13.6. The summed E-state index contributed by atoms with van der Waals surface area (Å²) in [4.78, 5) is 4.62. The van der Waals surface area contributed by atoms with Gasteiger partial charge in [0, 0.05) is 32.7 Å². The summed E-state index contributed by atoms with van der Waals surface area (Å²) in [5.74, 6) is 1.84. The molecule has 122 valence electrons. The van der Waals surface area contributed by atoms with Crippen molar-refractivity contribution < 1.29 is 9.47 Å². The molecule has 5 nitrogen and oxygen atoms in total. The number of hydrogen-bond donors (Lipinski definition) is 2. The minimum absolute atomic E-state index is 0.135. The summed E-state index contributed by atoms with van der Waals surface area (Å²) in [6, 6.07) is 8.21. The molecule has 0 fully saturated rings. The smallest absolute Gasteiger partial charge is 0.191 e. The minimum Gasteiger partial charge on any atom is -0.488 e. The van der Waals surface area contributed by atoms with Gasteiger partial charge in [0.1, 0.15) is 11.9 Å². The zero-order valence-corrected chi connectivity index (χ0v) is 13.6. The van der Waals surface area contributed by atoms with Gasteiger partial charge in [-0.1, -0.05) is 18.2 Å². The number of rotatable bonds is 8. The summed E-state index contributed by atoms with van der Waals surface area (Å²) in [6.45, 7) is 8.01. The van der Waals surface area contributed by atoms with Crippen LogP contribution >= 0.6 is 0 Å². The van der Waals surface area contributed by atoms with Gasteiger partial charge in [0.15, 0.2) is 5.96 Å². The summed E-state index contributed by atoms with van der Waals surface area (Å²) in [7, 11) is 0. The second-order valence-corrected chi connectivity index (χ2v) is 5.25. The third-order valence-corrected chi connectivity index (χ3v) is 3.47. The SMILES string of the molecule is CCNC(=NCC1Cc2ccccc2O1)NCCCOCC. The maximum atomic E-state index is 5.91. The molecule has 1 heterocycles. The first-order chi connectivity index (χ1) is 10.8. The molecule has 2 N–H and O–H groups in total. The molecule has 22 heavy (non-hydrogen) atoms. The van der Waals surface area contributed by atoms with Gasteiger partial charge in [0.2, 0.25) is 0 Å². The first-order valence-electron chi connectivity index (χ1n) is 8.18. The highest BCUT2D eigenvalue weighted by molar-refractivity contribution is 5.79. The van der Waals surface area contributed by atoms with Crippen LogP contribution in [0.25, 0.3) is 0 Å². The quantitative estimate of drug-likeness (QED) is 0.438. The van der Waals surface area contributed by atoms with Crippen LogP contribution in [-0.2, 0) is 11.2 Å². The number of nitrogens with one attached hydrogen (secondary N) is 2. The van der Waals surface area contributed by atoms with Crippen molar-refractivity contribution in [2.24, 2.45) is 4.99 Å². The van der Waals surface area contributed by atoms with Crippen molar-refractivity contribution in [2.45, 2.75) is 32.8 Å². The molecule has 5 heteroatoms. The van der Waals surface area contributed by atoms with Crippen LogP contribution in [0.3, 0.4) is 0 Å². The maximum absolute atomic E-state index is 5.91. The normalized spacial score (nSPS) is 17.0. The van der Waals surface area contributed by atoms with E-state index in [1.807, 2.05) is 19.1 Å². The number of fused-ring (bicyclic) bond motifs is 1. The Morgan fingerprint density at radius 3 is 2.95 bits per heavy atom. The monoisotopic (exact) mass is 305 g/mol. The molecule has 1 unspecified atom stereocenters. The van der Waals surface area contributed by atoms with Crippen LogP contribution in [0, 0.1) is 0 Å². The first kappa shape index (κ1) is 16.6. The molecule has 0 radical (unpaired) electrons. The Balaban J connectivity index is 1.76. The van der Waals surface area contributed by atoms with Crippen LogP contribution in [0.15, 0.2) is 29.3 Å². The third-order valence-electron chi connectivity index (χ3n) is 3.47. The third kappa shape index (κ3) is 5.22. The van der Waals surface area contributed by atoms with Gasteiger partial charge >= 0.3 is 0 Å². The van der Waals surface area contributed by atoms with Gasteiger partial charge in [0.05, 0.1) is 6.54 Å². The van der Waals surface area contributed by atoms with E-state index in [0.717, 1.165) is 50.9 Å². The van der Waals surface area contributed by atoms with Gasteiger partial charge in [-0.3, -0.25) is 0 Å². The van der Waals surface area contributed by atoms with Crippen molar-refractivity contribution in [3.8, 4) is 5.75 Å². The molecule has 1 aliphatic heterocycles. The summed E-state index contributed by atoms with van der Waals surface area (Å²) in [5.41, 5.74) is 1.28. The summed E-state index contributed by atoms with van der Waals surface area (Å²) in [6.07, 6.45) is 2.05. The van der Waals surface area contributed by atoms with Crippen LogP contribution < -0.4 is 15.4 Å². The Morgan fingerprint density at radius 1 is 1.32 bits per heavy atom. The Hall–Kier alpha value is -1.75. The van der Waals surface area contributed by atoms with E-state index in [9.17, 15) is 0 Å². The van der Waals surface area contributed by atoms with E-state index in [1.165, 1.54) is 5.56 Å². The average molecular weight is 305 g/mol. The fraction of sp³-hybridized carbons (Fsp3) is 0.588. The molecule has 1 aliphatic rings. The van der Waals surface area contributed by atoms with Crippen LogP contribution in [0.2, 0.25) is 0 Å². The molecule has 0 aliphatic carbocycles. The molecule has 1 aromatic rings. The molecular formula is C17H27N3O2. The van der Waals surface area contributed by atoms with Crippen molar-refractivity contribution in [1.29, 1.82) is 0 Å². The van der Waals surface area contributed by atoms with E-state index in [4.69, 9.17) is 9.47 Å². The number of ether oxygens (including phenoxy) is 2. The van der Waals surface area contributed by atoms with Crippen molar-refractivity contribution in [1.82, 2.24) is 10.6 Å². The topological polar surface area (TPSA) is 54.9 Å². The first-order valence-corrected chi connectivity index (χ1v) is 8.18. The van der Waals surface area contributed by atoms with E-state index in [-0.39, 0.29) is 6.10 Å². The molecule has 2 rings (SSSR count). The summed E-state index contributed by atoms with van der Waals surface area (Å²) >= 11 is 0. The molecule has 0 aromatic heterocycles. The summed E-state index contributed by atoms with van der Waals surface area (Å²) < 4.78 is 11.2. The van der Waals surface area contributed by atoms with E-state index in [1.54, 1.807) is 0 Å². The van der Waals surface area contributed by atoms with Gasteiger partial charge in [-0.05, 0) is 31.9 Å². The Morgan fingerprint density at radius 2 is 2.18 bits per heavy atom. The van der Waals surface area contributed by atoms with Gasteiger partial charge in [-0.15, -0.1) is 0 Å². The van der Waals surface area contributed by atoms with Crippen LogP contribution in [0.1, 0.15) is 25.8 Å². The molecule has 0 spiro atoms. The van der Waals surface area contributed by atoms with Crippen molar-refractivity contribution >= 4 is 5.96 Å². The predicted molar refractivity (Wildman–Crippen MR) is 89.7 cm³/mol. The fourth-order valence-electron chi connectivity index (χ4n) is 2.42. The lowest BCUT2D eigenvalue weighted by atomic mass is 10.1. The summed E-state index contributed by atoms with van der Waals surface area (Å²) in [5, 5.41) is 6.59.